The number of nitrogens with one attached hydrogen (secondary N) is 2. The first-order chi connectivity index (χ1) is 15.5. The Bertz CT molecular complexity index is 1130. The molecule has 3 amide bonds. The Kier molecular flexibility index (Phi) is 6.50. The third-order valence-corrected chi connectivity index (χ3v) is 5.91. The van der Waals surface area contributed by atoms with E-state index in [2.05, 4.69) is 10.6 Å². The fourth-order valence-corrected chi connectivity index (χ4v) is 4.17. The number of nitrogens with zero attached hydrogens (tertiary/aromatic N) is 1. The predicted molar refractivity (Wildman–Crippen MR) is 125 cm³/mol. The summed E-state index contributed by atoms with van der Waals surface area (Å²) in [5.41, 5.74) is 2.42. The molecule has 1 heterocycles. The van der Waals surface area contributed by atoms with E-state index in [1.54, 1.807) is 0 Å². The molecule has 32 heavy (non-hydrogen) atoms. The number of benzene rings is 3. The molecule has 1 fully saturated rings. The van der Waals surface area contributed by atoms with E-state index in [1.807, 2.05) is 71.6 Å². The Labute approximate surface area is 187 Å². The molecule has 3 aromatic rings. The normalized spacial score (nSPS) is 14.2. The Morgan fingerprint density at radius 1 is 0.906 bits per heavy atom. The molecule has 6 nitrogen and oxygen atoms in total. The van der Waals surface area contributed by atoms with E-state index in [1.165, 1.54) is 6.92 Å². The summed E-state index contributed by atoms with van der Waals surface area (Å²) in [5.74, 6) is -0.158. The average molecular weight is 430 g/mol. The molecule has 2 N–H and O–H groups in total. The van der Waals surface area contributed by atoms with Crippen LogP contribution in [0.15, 0.2) is 66.7 Å². The summed E-state index contributed by atoms with van der Waals surface area (Å²) >= 11 is 0. The van der Waals surface area contributed by atoms with E-state index >= 15 is 0 Å². The van der Waals surface area contributed by atoms with Gasteiger partial charge in [-0.1, -0.05) is 48.5 Å². The molecule has 1 aliphatic rings. The molecule has 0 saturated carbocycles. The lowest BCUT2D eigenvalue weighted by molar-refractivity contribution is -0.126. The molecule has 0 radical (unpaired) electrons. The molecular weight excluding hydrogens is 402 g/mol. The zero-order valence-electron chi connectivity index (χ0n) is 18.1. The quantitative estimate of drug-likeness (QED) is 0.644. The highest BCUT2D eigenvalue weighted by atomic mass is 16.2. The summed E-state index contributed by atoms with van der Waals surface area (Å²) in [7, 11) is 0. The van der Waals surface area contributed by atoms with Gasteiger partial charge in [0, 0.05) is 43.7 Å². The van der Waals surface area contributed by atoms with Crippen molar-refractivity contribution in [3.8, 4) is 0 Å². The van der Waals surface area contributed by atoms with Crippen LogP contribution in [0.25, 0.3) is 10.8 Å². The van der Waals surface area contributed by atoms with Crippen molar-refractivity contribution in [3.63, 3.8) is 0 Å². The summed E-state index contributed by atoms with van der Waals surface area (Å²) in [5, 5.41) is 7.74. The molecular formula is C26H27N3O3. The van der Waals surface area contributed by atoms with Crippen LogP contribution in [0.5, 0.6) is 0 Å². The van der Waals surface area contributed by atoms with Crippen LogP contribution in [0.3, 0.4) is 0 Å². The van der Waals surface area contributed by atoms with E-state index < -0.39 is 0 Å². The van der Waals surface area contributed by atoms with Crippen LogP contribution in [0.2, 0.25) is 0 Å². The second-order valence-corrected chi connectivity index (χ2v) is 8.19. The standard InChI is InChI=1S/C26H27N3O3/c1-18(30)28-22-11-9-19(10-12-22)17-27-25(31)21-13-15-29(16-14-21)26(32)24-8-4-6-20-5-2-3-7-23(20)24/h2-12,21H,13-17H2,1H3,(H,27,31)(H,28,30). The van der Waals surface area contributed by atoms with Gasteiger partial charge in [-0.2, -0.15) is 0 Å². The molecule has 0 atom stereocenters. The summed E-state index contributed by atoms with van der Waals surface area (Å²) < 4.78 is 0. The Morgan fingerprint density at radius 2 is 1.59 bits per heavy atom. The van der Waals surface area contributed by atoms with Crippen molar-refractivity contribution >= 4 is 34.2 Å². The summed E-state index contributed by atoms with van der Waals surface area (Å²) in [6.07, 6.45) is 1.31. The van der Waals surface area contributed by atoms with E-state index in [0.29, 0.717) is 38.0 Å². The maximum atomic E-state index is 13.1. The van der Waals surface area contributed by atoms with Crippen LogP contribution in [-0.4, -0.2) is 35.7 Å². The lowest BCUT2D eigenvalue weighted by Gasteiger charge is -2.31. The largest absolute Gasteiger partial charge is 0.352 e. The van der Waals surface area contributed by atoms with Gasteiger partial charge in [-0.3, -0.25) is 14.4 Å². The van der Waals surface area contributed by atoms with Crippen molar-refractivity contribution in [1.82, 2.24) is 10.2 Å². The molecule has 0 spiro atoms. The fourth-order valence-electron chi connectivity index (χ4n) is 4.17. The Balaban J connectivity index is 1.30. The minimum absolute atomic E-state index is 0.0215. The SMILES string of the molecule is CC(=O)Nc1ccc(CNC(=O)C2CCN(C(=O)c3cccc4ccccc34)CC2)cc1. The van der Waals surface area contributed by atoms with Crippen molar-refractivity contribution in [2.75, 3.05) is 18.4 Å². The number of anilines is 1. The third-order valence-electron chi connectivity index (χ3n) is 5.91. The molecule has 164 valence electrons. The lowest BCUT2D eigenvalue weighted by Crippen LogP contribution is -2.43. The highest BCUT2D eigenvalue weighted by Gasteiger charge is 2.28. The predicted octanol–water partition coefficient (Wildman–Crippen LogP) is 3.97. The second-order valence-electron chi connectivity index (χ2n) is 8.19. The summed E-state index contributed by atoms with van der Waals surface area (Å²) in [4.78, 5) is 38.7. The Morgan fingerprint density at radius 3 is 2.31 bits per heavy atom. The van der Waals surface area contributed by atoms with E-state index in [9.17, 15) is 14.4 Å². The summed E-state index contributed by atoms with van der Waals surface area (Å²) in [6.45, 7) is 3.06. The second kappa shape index (κ2) is 9.64. The molecule has 0 bridgehead atoms. The van der Waals surface area contributed by atoms with Crippen LogP contribution < -0.4 is 10.6 Å². The van der Waals surface area contributed by atoms with Crippen molar-refractivity contribution in [1.29, 1.82) is 0 Å². The van der Waals surface area contributed by atoms with Gasteiger partial charge in [-0.05, 0) is 47.4 Å². The van der Waals surface area contributed by atoms with Gasteiger partial charge in [-0.15, -0.1) is 0 Å². The first kappa shape index (κ1) is 21.6. The average Bonchev–Trinajstić information content (AvgIpc) is 2.82. The zero-order valence-corrected chi connectivity index (χ0v) is 18.1. The molecule has 0 aliphatic carbocycles. The molecule has 3 aromatic carbocycles. The maximum Gasteiger partial charge on any atom is 0.254 e. The molecule has 0 unspecified atom stereocenters. The molecule has 4 rings (SSSR count). The van der Waals surface area contributed by atoms with Crippen LogP contribution in [0, 0.1) is 5.92 Å². The fraction of sp³-hybridized carbons (Fsp3) is 0.269. The zero-order chi connectivity index (χ0) is 22.5. The Hall–Kier alpha value is -3.67. The highest BCUT2D eigenvalue weighted by molar-refractivity contribution is 6.07. The van der Waals surface area contributed by atoms with Crippen molar-refractivity contribution in [2.24, 2.45) is 5.92 Å². The van der Waals surface area contributed by atoms with Crippen LogP contribution >= 0.6 is 0 Å². The molecule has 1 aliphatic heterocycles. The number of carbonyl (C=O) groups excluding carboxylic acids is 3. The minimum atomic E-state index is -0.115. The van der Waals surface area contributed by atoms with Gasteiger partial charge in [0.15, 0.2) is 0 Å². The van der Waals surface area contributed by atoms with Crippen LogP contribution in [0.4, 0.5) is 5.69 Å². The van der Waals surface area contributed by atoms with Gasteiger partial charge >= 0.3 is 0 Å². The number of fused-ring (bicyclic) bond motifs is 1. The van der Waals surface area contributed by atoms with Gasteiger partial charge in [0.05, 0.1) is 0 Å². The monoisotopic (exact) mass is 429 g/mol. The number of amides is 3. The van der Waals surface area contributed by atoms with Gasteiger partial charge < -0.3 is 15.5 Å². The summed E-state index contributed by atoms with van der Waals surface area (Å²) in [6, 6.07) is 21.1. The smallest absolute Gasteiger partial charge is 0.254 e. The first-order valence-corrected chi connectivity index (χ1v) is 10.9. The van der Waals surface area contributed by atoms with Crippen molar-refractivity contribution in [2.45, 2.75) is 26.3 Å². The van der Waals surface area contributed by atoms with Crippen LogP contribution in [0.1, 0.15) is 35.7 Å². The topological polar surface area (TPSA) is 78.5 Å². The van der Waals surface area contributed by atoms with Gasteiger partial charge in [0.1, 0.15) is 0 Å². The maximum absolute atomic E-state index is 13.1. The number of carbonyl (C=O) groups is 3. The number of rotatable bonds is 5. The van der Waals surface area contributed by atoms with E-state index in [-0.39, 0.29) is 23.6 Å². The minimum Gasteiger partial charge on any atom is -0.352 e. The van der Waals surface area contributed by atoms with E-state index in [0.717, 1.165) is 22.0 Å². The highest BCUT2D eigenvalue weighted by Crippen LogP contribution is 2.24. The van der Waals surface area contributed by atoms with Crippen molar-refractivity contribution < 1.29 is 14.4 Å². The van der Waals surface area contributed by atoms with Crippen LogP contribution in [-0.2, 0) is 16.1 Å². The van der Waals surface area contributed by atoms with Crippen molar-refractivity contribution in [3.05, 3.63) is 77.9 Å². The van der Waals surface area contributed by atoms with Gasteiger partial charge in [0.25, 0.3) is 5.91 Å². The number of piperidine rings is 1. The molecule has 1 saturated heterocycles. The molecule has 6 heteroatoms. The number of hydrogen-bond donors (Lipinski definition) is 2. The molecule has 0 aromatic heterocycles. The van der Waals surface area contributed by atoms with Gasteiger partial charge in [-0.25, -0.2) is 0 Å². The third kappa shape index (κ3) is 4.97. The van der Waals surface area contributed by atoms with Gasteiger partial charge in [0.2, 0.25) is 11.8 Å². The number of hydrogen-bond acceptors (Lipinski definition) is 3. The van der Waals surface area contributed by atoms with E-state index in [4.69, 9.17) is 0 Å². The number of likely N-dealkylation sites (tertiary alicyclic amines) is 1. The lowest BCUT2D eigenvalue weighted by atomic mass is 9.94. The first-order valence-electron chi connectivity index (χ1n) is 10.9.